The van der Waals surface area contributed by atoms with Gasteiger partial charge in [0, 0.05) is 0 Å². The van der Waals surface area contributed by atoms with E-state index >= 15 is 0 Å². The Morgan fingerprint density at radius 1 is 1.28 bits per heavy atom. The van der Waals surface area contributed by atoms with Crippen LogP contribution in [0.4, 0.5) is 13.2 Å². The Labute approximate surface area is 103 Å². The smallest absolute Gasteiger partial charge is 0.416 e. The molecule has 1 aromatic carbocycles. The lowest BCUT2D eigenvalue weighted by atomic mass is 10.2. The molecule has 1 aliphatic heterocycles. The molecule has 0 amide bonds. The van der Waals surface area contributed by atoms with E-state index in [0.29, 0.717) is 0 Å². The Kier molecular flexibility index (Phi) is 3.49. The van der Waals surface area contributed by atoms with Crippen LogP contribution in [0, 0.1) is 0 Å². The number of hydrogen-bond acceptors (Lipinski definition) is 3. The Morgan fingerprint density at radius 3 is 2.50 bits per heavy atom. The van der Waals surface area contributed by atoms with Gasteiger partial charge >= 0.3 is 6.18 Å². The quantitative estimate of drug-likeness (QED) is 0.849. The van der Waals surface area contributed by atoms with Crippen LogP contribution in [0.3, 0.4) is 0 Å². The van der Waals surface area contributed by atoms with Crippen LogP contribution < -0.4 is 4.74 Å². The molecule has 1 saturated heterocycles. The molecule has 0 aromatic heterocycles. The molecule has 0 radical (unpaired) electrons. The van der Waals surface area contributed by atoms with E-state index in [2.05, 4.69) is 0 Å². The van der Waals surface area contributed by atoms with Gasteiger partial charge in [-0.1, -0.05) is 6.07 Å². The van der Waals surface area contributed by atoms with Crippen LogP contribution in [-0.4, -0.2) is 31.9 Å². The zero-order chi connectivity index (χ0) is 13.3. The van der Waals surface area contributed by atoms with Crippen molar-refractivity contribution in [2.75, 3.05) is 13.1 Å². The van der Waals surface area contributed by atoms with Crippen LogP contribution in [0.1, 0.15) is 5.56 Å². The summed E-state index contributed by atoms with van der Waals surface area (Å²) in [5, 5.41) is 0. The average molecular weight is 281 g/mol. The molecule has 18 heavy (non-hydrogen) atoms. The van der Waals surface area contributed by atoms with Gasteiger partial charge in [0.05, 0.1) is 18.7 Å². The number of hydrogen-bond donors (Lipinski definition) is 1. The van der Waals surface area contributed by atoms with Crippen molar-refractivity contribution in [2.45, 2.75) is 12.3 Å². The van der Waals surface area contributed by atoms with Crippen molar-refractivity contribution < 1.29 is 26.3 Å². The monoisotopic (exact) mass is 281 g/mol. The van der Waals surface area contributed by atoms with Crippen LogP contribution in [0.25, 0.3) is 0 Å². The van der Waals surface area contributed by atoms with Crippen molar-refractivity contribution >= 4 is 10.9 Å². The molecular formula is C10H10F3NO3S. The lowest BCUT2D eigenvalue weighted by Crippen LogP contribution is -2.52. The summed E-state index contributed by atoms with van der Waals surface area (Å²) in [6.07, 6.45) is -4.80. The van der Waals surface area contributed by atoms with Gasteiger partial charge in [-0.2, -0.15) is 17.5 Å². The second kappa shape index (κ2) is 4.77. The third-order valence-electron chi connectivity index (χ3n) is 2.52. The minimum absolute atomic E-state index is 0.0931. The van der Waals surface area contributed by atoms with Crippen molar-refractivity contribution in [1.29, 1.82) is 0 Å². The van der Waals surface area contributed by atoms with Crippen LogP contribution in [0.2, 0.25) is 0 Å². The van der Waals surface area contributed by atoms with Gasteiger partial charge in [0.1, 0.15) is 11.9 Å². The second-order valence-electron chi connectivity index (χ2n) is 3.87. The Balaban J connectivity index is 1.99. The summed E-state index contributed by atoms with van der Waals surface area (Å²) in [6, 6.07) is 4.52. The minimum atomic E-state index is -4.41. The van der Waals surface area contributed by atoms with E-state index in [1.165, 1.54) is 12.1 Å². The number of halogens is 3. The Morgan fingerprint density at radius 2 is 1.94 bits per heavy atom. The van der Waals surface area contributed by atoms with Crippen LogP contribution in [-0.2, 0) is 17.1 Å². The number of alkyl halides is 3. The molecule has 1 heterocycles. The van der Waals surface area contributed by atoms with Crippen LogP contribution >= 0.6 is 0 Å². The highest BCUT2D eigenvalue weighted by molar-refractivity contribution is 7.69. The molecule has 100 valence electrons. The number of rotatable bonds is 3. The number of nitrogens with zero attached hydrogens (tertiary/aromatic N) is 1. The molecule has 1 aromatic rings. The molecule has 2 rings (SSSR count). The lowest BCUT2D eigenvalue weighted by Gasteiger charge is -2.34. The third-order valence-corrected chi connectivity index (χ3v) is 3.31. The maximum atomic E-state index is 12.4. The van der Waals surface area contributed by atoms with Gasteiger partial charge in [0.2, 0.25) is 10.9 Å². The largest absolute Gasteiger partial charge is 0.488 e. The molecule has 0 bridgehead atoms. The molecule has 0 atom stereocenters. The minimum Gasteiger partial charge on any atom is -0.488 e. The molecule has 0 N–H and O–H groups in total. The summed E-state index contributed by atoms with van der Waals surface area (Å²) in [5.74, 6) is 0.0931. The first-order valence-corrected chi connectivity index (χ1v) is 6.22. The summed E-state index contributed by atoms with van der Waals surface area (Å²) in [6.45, 7) is 0.351. The molecule has 0 spiro atoms. The molecule has 1 aliphatic rings. The molecule has 1 fully saturated rings. The number of ether oxygens (including phenoxy) is 1. The highest BCUT2D eigenvalue weighted by Gasteiger charge is 2.33. The second-order valence-corrected chi connectivity index (χ2v) is 4.92. The summed E-state index contributed by atoms with van der Waals surface area (Å²) in [5.41, 5.74) is -0.786. The predicted molar refractivity (Wildman–Crippen MR) is 57.7 cm³/mol. The molecule has 0 aliphatic carbocycles. The van der Waals surface area contributed by atoms with E-state index in [1.807, 2.05) is 0 Å². The lowest BCUT2D eigenvalue weighted by molar-refractivity contribution is -0.137. The fourth-order valence-electron chi connectivity index (χ4n) is 1.56. The van der Waals surface area contributed by atoms with E-state index < -0.39 is 22.6 Å². The SMILES string of the molecule is O=[SH](=O)N1CC(Oc2cccc(C(F)(F)F)c2)C1. The Bertz CT molecular complexity index is 501. The normalized spacial score (nSPS) is 17.8. The highest BCUT2D eigenvalue weighted by atomic mass is 32.2. The van der Waals surface area contributed by atoms with Gasteiger partial charge in [-0.25, -0.2) is 8.42 Å². The first-order valence-electron chi connectivity index (χ1n) is 5.09. The van der Waals surface area contributed by atoms with Gasteiger partial charge in [-0.3, -0.25) is 0 Å². The number of benzene rings is 1. The number of thiol groups is 1. The fourth-order valence-corrected chi connectivity index (χ4v) is 2.19. The van der Waals surface area contributed by atoms with Crippen molar-refractivity contribution in [2.24, 2.45) is 0 Å². The molecule has 0 saturated carbocycles. The van der Waals surface area contributed by atoms with E-state index in [1.54, 1.807) is 0 Å². The topological polar surface area (TPSA) is 46.6 Å². The summed E-state index contributed by atoms with van der Waals surface area (Å²) >= 11 is 0. The van der Waals surface area contributed by atoms with Gasteiger partial charge < -0.3 is 4.74 Å². The van der Waals surface area contributed by atoms with Crippen molar-refractivity contribution in [3.8, 4) is 5.75 Å². The average Bonchev–Trinajstić information content (AvgIpc) is 2.21. The summed E-state index contributed by atoms with van der Waals surface area (Å²) in [7, 11) is -2.63. The first kappa shape index (κ1) is 13.2. The van der Waals surface area contributed by atoms with E-state index in [0.717, 1.165) is 16.4 Å². The third kappa shape index (κ3) is 2.94. The zero-order valence-corrected chi connectivity index (χ0v) is 9.95. The fraction of sp³-hybridized carbons (Fsp3) is 0.400. The van der Waals surface area contributed by atoms with Crippen LogP contribution in [0.5, 0.6) is 5.75 Å². The molecule has 4 nitrogen and oxygen atoms in total. The van der Waals surface area contributed by atoms with E-state index in [4.69, 9.17) is 4.74 Å². The highest BCUT2D eigenvalue weighted by Crippen LogP contribution is 2.31. The maximum absolute atomic E-state index is 12.4. The summed E-state index contributed by atoms with van der Waals surface area (Å²) in [4.78, 5) is 0. The van der Waals surface area contributed by atoms with E-state index in [9.17, 15) is 21.6 Å². The van der Waals surface area contributed by atoms with Crippen LogP contribution in [0.15, 0.2) is 24.3 Å². The van der Waals surface area contributed by atoms with Crippen molar-refractivity contribution in [3.63, 3.8) is 0 Å². The molecule has 8 heteroatoms. The first-order chi connectivity index (χ1) is 8.36. The van der Waals surface area contributed by atoms with E-state index in [-0.39, 0.29) is 24.9 Å². The predicted octanol–water partition coefficient (Wildman–Crippen LogP) is 1.29. The molecule has 0 unspecified atom stereocenters. The van der Waals surface area contributed by atoms with Gasteiger partial charge in [0.15, 0.2) is 0 Å². The van der Waals surface area contributed by atoms with Gasteiger partial charge in [-0.15, -0.1) is 0 Å². The Hall–Kier alpha value is -1.28. The summed E-state index contributed by atoms with van der Waals surface area (Å²) < 4.78 is 64.7. The van der Waals surface area contributed by atoms with Crippen molar-refractivity contribution in [1.82, 2.24) is 4.31 Å². The maximum Gasteiger partial charge on any atom is 0.416 e. The van der Waals surface area contributed by atoms with Gasteiger partial charge in [0.25, 0.3) is 0 Å². The van der Waals surface area contributed by atoms with Crippen molar-refractivity contribution in [3.05, 3.63) is 29.8 Å². The zero-order valence-electron chi connectivity index (χ0n) is 9.05. The molecular weight excluding hydrogens is 271 g/mol. The van der Waals surface area contributed by atoms with Gasteiger partial charge in [-0.05, 0) is 18.2 Å². The standard InChI is InChI=1S/C10H10F3NO3S/c11-10(12,13)7-2-1-3-8(4-7)17-9-5-14(6-9)18(15)16/h1-4,9,18H,5-6H2.